The summed E-state index contributed by atoms with van der Waals surface area (Å²) in [6.07, 6.45) is 2.36. The van der Waals surface area contributed by atoms with Crippen LogP contribution in [0.3, 0.4) is 0 Å². The Morgan fingerprint density at radius 1 is 1.53 bits per heavy atom. The largest absolute Gasteiger partial charge is 0.496 e. The molecule has 1 saturated carbocycles. The van der Waals surface area contributed by atoms with Gasteiger partial charge in [0.05, 0.1) is 19.1 Å². The van der Waals surface area contributed by atoms with E-state index in [2.05, 4.69) is 5.32 Å². The Labute approximate surface area is 111 Å². The Bertz CT molecular complexity index is 466. The standard InChI is InChI=1S/C14H18FNO3/c1-19-12-4-3-11(15)7-10(12)8-16-13(18)14(9-17)5-2-6-14/h3-4,7,17H,2,5-6,8-9H2,1H3,(H,16,18). The van der Waals surface area contributed by atoms with Crippen LogP contribution in [0.1, 0.15) is 24.8 Å². The molecule has 1 aromatic carbocycles. The molecule has 0 atom stereocenters. The van der Waals surface area contributed by atoms with Crippen LogP contribution in [0.15, 0.2) is 18.2 Å². The van der Waals surface area contributed by atoms with Gasteiger partial charge in [-0.15, -0.1) is 0 Å². The van der Waals surface area contributed by atoms with Gasteiger partial charge in [-0.05, 0) is 31.0 Å². The van der Waals surface area contributed by atoms with E-state index in [9.17, 15) is 14.3 Å². The minimum Gasteiger partial charge on any atom is -0.496 e. The van der Waals surface area contributed by atoms with Crippen molar-refractivity contribution in [1.29, 1.82) is 0 Å². The third kappa shape index (κ3) is 2.71. The van der Waals surface area contributed by atoms with Gasteiger partial charge >= 0.3 is 0 Å². The normalized spacial score (nSPS) is 16.6. The molecule has 19 heavy (non-hydrogen) atoms. The molecule has 2 rings (SSSR count). The Kier molecular flexibility index (Phi) is 4.04. The number of carbonyl (C=O) groups excluding carboxylic acids is 1. The van der Waals surface area contributed by atoms with Gasteiger partial charge < -0.3 is 15.2 Å². The van der Waals surface area contributed by atoms with Gasteiger partial charge in [-0.3, -0.25) is 4.79 Å². The maximum atomic E-state index is 13.2. The van der Waals surface area contributed by atoms with Crippen molar-refractivity contribution >= 4 is 5.91 Å². The summed E-state index contributed by atoms with van der Waals surface area (Å²) >= 11 is 0. The predicted octanol–water partition coefficient (Wildman–Crippen LogP) is 1.61. The number of hydrogen-bond acceptors (Lipinski definition) is 3. The van der Waals surface area contributed by atoms with E-state index in [1.165, 1.54) is 25.3 Å². The molecule has 0 unspecified atom stereocenters. The van der Waals surface area contributed by atoms with E-state index in [0.717, 1.165) is 6.42 Å². The zero-order chi connectivity index (χ0) is 13.9. The first-order valence-corrected chi connectivity index (χ1v) is 6.33. The lowest BCUT2D eigenvalue weighted by Crippen LogP contribution is -2.47. The Balaban J connectivity index is 2.02. The van der Waals surface area contributed by atoms with Crippen molar-refractivity contribution in [3.05, 3.63) is 29.6 Å². The molecule has 2 N–H and O–H groups in total. The number of hydrogen-bond donors (Lipinski definition) is 2. The van der Waals surface area contributed by atoms with E-state index in [4.69, 9.17) is 4.74 Å². The average molecular weight is 267 g/mol. The number of ether oxygens (including phenoxy) is 1. The third-order valence-electron chi connectivity index (χ3n) is 3.78. The number of carbonyl (C=O) groups is 1. The van der Waals surface area contributed by atoms with Crippen molar-refractivity contribution < 1.29 is 19.0 Å². The Morgan fingerprint density at radius 3 is 2.79 bits per heavy atom. The Hall–Kier alpha value is -1.62. The number of benzene rings is 1. The molecule has 1 amide bonds. The first-order chi connectivity index (χ1) is 9.11. The summed E-state index contributed by atoms with van der Waals surface area (Å²) in [5.74, 6) is -0.00788. The van der Waals surface area contributed by atoms with Crippen LogP contribution in [0.25, 0.3) is 0 Å². The van der Waals surface area contributed by atoms with E-state index in [1.807, 2.05) is 0 Å². The highest BCUT2D eigenvalue weighted by molar-refractivity contribution is 5.83. The van der Waals surface area contributed by atoms with Crippen LogP contribution in [0.5, 0.6) is 5.75 Å². The van der Waals surface area contributed by atoms with Gasteiger partial charge in [0.15, 0.2) is 0 Å². The van der Waals surface area contributed by atoms with Crippen molar-refractivity contribution in [2.45, 2.75) is 25.8 Å². The van der Waals surface area contributed by atoms with E-state index < -0.39 is 5.41 Å². The van der Waals surface area contributed by atoms with Crippen molar-refractivity contribution in [2.75, 3.05) is 13.7 Å². The van der Waals surface area contributed by atoms with Gasteiger partial charge in [0, 0.05) is 12.1 Å². The quantitative estimate of drug-likeness (QED) is 0.852. The van der Waals surface area contributed by atoms with E-state index in [-0.39, 0.29) is 24.9 Å². The first-order valence-electron chi connectivity index (χ1n) is 6.33. The first kappa shape index (κ1) is 13.8. The summed E-state index contributed by atoms with van der Waals surface area (Å²) in [7, 11) is 1.50. The molecule has 0 heterocycles. The van der Waals surface area contributed by atoms with Gasteiger partial charge in [-0.1, -0.05) is 6.42 Å². The van der Waals surface area contributed by atoms with Gasteiger partial charge in [0.1, 0.15) is 11.6 Å². The molecular formula is C14H18FNO3. The van der Waals surface area contributed by atoms with Crippen LogP contribution in [0.4, 0.5) is 4.39 Å². The fourth-order valence-corrected chi connectivity index (χ4v) is 2.31. The zero-order valence-corrected chi connectivity index (χ0v) is 10.9. The van der Waals surface area contributed by atoms with Gasteiger partial charge in [0.2, 0.25) is 5.91 Å². The minimum atomic E-state index is -0.638. The lowest BCUT2D eigenvalue weighted by atomic mass is 9.68. The molecule has 5 heteroatoms. The summed E-state index contributed by atoms with van der Waals surface area (Å²) in [5.41, 5.74) is -0.0520. The molecule has 0 bridgehead atoms. The smallest absolute Gasteiger partial charge is 0.228 e. The monoisotopic (exact) mass is 267 g/mol. The van der Waals surface area contributed by atoms with Crippen LogP contribution >= 0.6 is 0 Å². The van der Waals surface area contributed by atoms with Crippen LogP contribution in [-0.2, 0) is 11.3 Å². The molecule has 0 spiro atoms. The highest BCUT2D eigenvalue weighted by atomic mass is 19.1. The van der Waals surface area contributed by atoms with E-state index in [0.29, 0.717) is 24.2 Å². The summed E-state index contributed by atoms with van der Waals surface area (Å²) in [4.78, 5) is 12.0. The Morgan fingerprint density at radius 2 is 2.26 bits per heavy atom. The number of halogens is 1. The number of methoxy groups -OCH3 is 1. The van der Waals surface area contributed by atoms with Crippen molar-refractivity contribution in [2.24, 2.45) is 5.41 Å². The summed E-state index contributed by atoms with van der Waals surface area (Å²) in [6, 6.07) is 4.18. The fraction of sp³-hybridized carbons (Fsp3) is 0.500. The number of amides is 1. The van der Waals surface area contributed by atoms with Crippen LogP contribution < -0.4 is 10.1 Å². The van der Waals surface area contributed by atoms with Gasteiger partial charge in [-0.2, -0.15) is 0 Å². The average Bonchev–Trinajstić information content (AvgIpc) is 2.36. The third-order valence-corrected chi connectivity index (χ3v) is 3.78. The highest BCUT2D eigenvalue weighted by Crippen LogP contribution is 2.40. The number of aliphatic hydroxyl groups excluding tert-OH is 1. The second-order valence-electron chi connectivity index (χ2n) is 4.93. The van der Waals surface area contributed by atoms with E-state index >= 15 is 0 Å². The van der Waals surface area contributed by atoms with Crippen LogP contribution in [0, 0.1) is 11.2 Å². The topological polar surface area (TPSA) is 58.6 Å². The second kappa shape index (κ2) is 5.57. The predicted molar refractivity (Wildman–Crippen MR) is 68.2 cm³/mol. The molecule has 0 saturated heterocycles. The molecule has 1 fully saturated rings. The fourth-order valence-electron chi connectivity index (χ4n) is 2.31. The number of nitrogens with one attached hydrogen (secondary N) is 1. The van der Waals surface area contributed by atoms with E-state index in [1.54, 1.807) is 0 Å². The van der Waals surface area contributed by atoms with Gasteiger partial charge in [-0.25, -0.2) is 4.39 Å². The van der Waals surface area contributed by atoms with Crippen molar-refractivity contribution in [3.63, 3.8) is 0 Å². The van der Waals surface area contributed by atoms with Crippen LogP contribution in [-0.4, -0.2) is 24.7 Å². The maximum absolute atomic E-state index is 13.2. The second-order valence-corrected chi connectivity index (χ2v) is 4.93. The number of aliphatic hydroxyl groups is 1. The zero-order valence-electron chi connectivity index (χ0n) is 10.9. The molecule has 1 aliphatic carbocycles. The molecule has 4 nitrogen and oxygen atoms in total. The molecule has 1 aliphatic rings. The molecule has 0 radical (unpaired) electrons. The van der Waals surface area contributed by atoms with Crippen molar-refractivity contribution in [1.82, 2.24) is 5.32 Å². The molecule has 1 aromatic rings. The summed E-state index contributed by atoms with van der Waals surface area (Å²) in [5, 5.41) is 12.1. The number of rotatable bonds is 5. The molecule has 0 aliphatic heterocycles. The lowest BCUT2D eigenvalue weighted by molar-refractivity contribution is -0.139. The lowest BCUT2D eigenvalue weighted by Gasteiger charge is -2.38. The maximum Gasteiger partial charge on any atom is 0.228 e. The minimum absolute atomic E-state index is 0.140. The summed E-state index contributed by atoms with van der Waals surface area (Å²) < 4.78 is 18.3. The van der Waals surface area contributed by atoms with Crippen LogP contribution in [0.2, 0.25) is 0 Å². The SMILES string of the molecule is COc1ccc(F)cc1CNC(=O)C1(CO)CCC1. The molecule has 104 valence electrons. The van der Waals surface area contributed by atoms with Gasteiger partial charge in [0.25, 0.3) is 0 Å². The summed E-state index contributed by atoms with van der Waals surface area (Å²) in [6.45, 7) is 0.0562. The van der Waals surface area contributed by atoms with Crippen molar-refractivity contribution in [3.8, 4) is 5.75 Å². The molecular weight excluding hydrogens is 249 g/mol. The molecule has 0 aromatic heterocycles. The highest BCUT2D eigenvalue weighted by Gasteiger charge is 2.43.